The Hall–Kier alpha value is -3.24. The fraction of sp³-hybridized carbons (Fsp3) is 0.423. The van der Waals surface area contributed by atoms with Gasteiger partial charge in [0.25, 0.3) is 11.8 Å². The second kappa shape index (κ2) is 9.25. The molecule has 8 nitrogen and oxygen atoms in total. The molecule has 4 rings (SSSR count). The van der Waals surface area contributed by atoms with E-state index in [4.69, 9.17) is 21.1 Å². The monoisotopic (exact) mass is 533 g/mol. The summed E-state index contributed by atoms with van der Waals surface area (Å²) in [7, 11) is 5.00. The summed E-state index contributed by atoms with van der Waals surface area (Å²) in [5, 5.41) is 17.6. The third kappa shape index (κ3) is 4.42. The van der Waals surface area contributed by atoms with Gasteiger partial charge in [-0.3, -0.25) is 4.68 Å². The highest BCUT2D eigenvalue weighted by Gasteiger charge is 2.42. The first-order valence-electron chi connectivity index (χ1n) is 11.6. The summed E-state index contributed by atoms with van der Waals surface area (Å²) >= 11 is 6.74. The minimum Gasteiger partial charge on any atom is -0.480 e. The minimum atomic E-state index is -3.09. The molecule has 4 aromatic rings. The number of benzene rings is 1. The highest BCUT2D eigenvalue weighted by molar-refractivity contribution is 6.37. The summed E-state index contributed by atoms with van der Waals surface area (Å²) in [5.41, 5.74) is 2.55. The summed E-state index contributed by atoms with van der Waals surface area (Å²) in [6, 6.07) is 3.52. The Morgan fingerprint density at radius 2 is 1.81 bits per heavy atom. The Labute approximate surface area is 218 Å². The number of aromatic nitrogens is 5. The van der Waals surface area contributed by atoms with Crippen molar-refractivity contribution in [3.63, 3.8) is 0 Å². The lowest BCUT2D eigenvalue weighted by Crippen LogP contribution is -2.33. The van der Waals surface area contributed by atoms with Gasteiger partial charge in [0.05, 0.1) is 35.2 Å². The van der Waals surface area contributed by atoms with Crippen molar-refractivity contribution < 1.29 is 23.4 Å². The van der Waals surface area contributed by atoms with Crippen LogP contribution in [0, 0.1) is 27.7 Å². The molecule has 0 aliphatic rings. The Morgan fingerprint density at radius 3 is 2.32 bits per heavy atom. The van der Waals surface area contributed by atoms with E-state index in [2.05, 4.69) is 15.1 Å². The van der Waals surface area contributed by atoms with Crippen LogP contribution >= 0.6 is 11.6 Å². The summed E-state index contributed by atoms with van der Waals surface area (Å²) in [5.74, 6) is -2.48. The second-order valence-corrected chi connectivity index (χ2v) is 9.82. The van der Waals surface area contributed by atoms with Gasteiger partial charge in [0, 0.05) is 37.7 Å². The molecule has 1 aromatic carbocycles. The molecule has 0 amide bonds. The molecule has 0 spiro atoms. The second-order valence-electron chi connectivity index (χ2n) is 9.44. The molecule has 0 aliphatic heterocycles. The summed E-state index contributed by atoms with van der Waals surface area (Å²) in [6.07, 6.45) is 1.63. The van der Waals surface area contributed by atoms with Crippen LogP contribution in [0.1, 0.15) is 46.5 Å². The number of rotatable bonds is 7. The van der Waals surface area contributed by atoms with Gasteiger partial charge in [-0.2, -0.15) is 5.10 Å². The van der Waals surface area contributed by atoms with Gasteiger partial charge in [0.1, 0.15) is 5.82 Å². The topological polar surface area (TPSA) is 87.2 Å². The van der Waals surface area contributed by atoms with Crippen molar-refractivity contribution in [3.05, 3.63) is 62.9 Å². The van der Waals surface area contributed by atoms with Gasteiger partial charge in [0.2, 0.25) is 5.75 Å². The van der Waals surface area contributed by atoms with E-state index in [0.29, 0.717) is 44.8 Å². The van der Waals surface area contributed by atoms with Crippen molar-refractivity contribution >= 4 is 22.5 Å². The zero-order valence-corrected chi connectivity index (χ0v) is 22.8. The third-order valence-corrected chi connectivity index (χ3v) is 7.06. The average Bonchev–Trinajstić information content (AvgIpc) is 3.29. The molecule has 37 heavy (non-hydrogen) atoms. The first kappa shape index (κ1) is 26.8. The quantitative estimate of drug-likeness (QED) is 0.363. The Morgan fingerprint density at radius 1 is 1.14 bits per heavy atom. The molecule has 0 saturated heterocycles. The number of aliphatic hydroxyl groups is 1. The molecule has 1 atom stereocenters. The van der Waals surface area contributed by atoms with Crippen molar-refractivity contribution in [2.75, 3.05) is 13.7 Å². The van der Waals surface area contributed by atoms with E-state index >= 15 is 0 Å². The molecule has 3 aromatic heterocycles. The van der Waals surface area contributed by atoms with Gasteiger partial charge in [-0.1, -0.05) is 17.7 Å². The number of fused-ring (bicyclic) bond motifs is 1. The number of imidazole rings is 1. The molecular formula is C26H30ClF2N5O3. The third-order valence-electron chi connectivity index (χ3n) is 6.69. The largest absolute Gasteiger partial charge is 0.480 e. The lowest BCUT2D eigenvalue weighted by Gasteiger charge is -2.31. The standard InChI is InChI=1S/C26H30ClF2N5O3/c1-13-9-17(10-18-21(27)23(37-12-25(5,28)29)24(36-8)31-22(13)18)26(35,19-11-30-16(4)33(19)6)20-14(2)32-34(7)15(20)3/h9-11,35H,12H2,1-8H3. The molecule has 198 valence electrons. The van der Waals surface area contributed by atoms with E-state index in [0.717, 1.165) is 12.6 Å². The van der Waals surface area contributed by atoms with E-state index in [-0.39, 0.29) is 16.7 Å². The molecule has 0 radical (unpaired) electrons. The van der Waals surface area contributed by atoms with Gasteiger partial charge in [0.15, 0.2) is 12.2 Å². The molecular weight excluding hydrogens is 504 g/mol. The lowest BCUT2D eigenvalue weighted by molar-refractivity contribution is -0.0235. The van der Waals surface area contributed by atoms with Crippen LogP contribution in [-0.2, 0) is 19.7 Å². The fourth-order valence-electron chi connectivity index (χ4n) is 4.69. The van der Waals surface area contributed by atoms with Gasteiger partial charge < -0.3 is 19.1 Å². The van der Waals surface area contributed by atoms with Crippen LogP contribution in [0.15, 0.2) is 18.3 Å². The van der Waals surface area contributed by atoms with Gasteiger partial charge in [-0.25, -0.2) is 18.7 Å². The number of nitrogens with zero attached hydrogens (tertiary/aromatic N) is 5. The number of methoxy groups -OCH3 is 1. The highest BCUT2D eigenvalue weighted by atomic mass is 35.5. The van der Waals surface area contributed by atoms with Gasteiger partial charge >= 0.3 is 0 Å². The first-order valence-corrected chi connectivity index (χ1v) is 12.0. The molecule has 3 heterocycles. The zero-order valence-electron chi connectivity index (χ0n) is 22.1. The van der Waals surface area contributed by atoms with Gasteiger partial charge in [-0.05, 0) is 44.9 Å². The summed E-state index contributed by atoms with van der Waals surface area (Å²) in [6.45, 7) is 7.24. The van der Waals surface area contributed by atoms with Crippen LogP contribution in [0.25, 0.3) is 10.9 Å². The zero-order chi connectivity index (χ0) is 27.4. The maximum Gasteiger partial charge on any atom is 0.278 e. The van der Waals surface area contributed by atoms with E-state index in [1.54, 1.807) is 16.9 Å². The number of aryl methyl sites for hydroxylation is 4. The van der Waals surface area contributed by atoms with Crippen LogP contribution in [0.4, 0.5) is 8.78 Å². The number of halogens is 3. The Kier molecular flexibility index (Phi) is 6.71. The minimum absolute atomic E-state index is 0.00549. The SMILES string of the molecule is COc1nc2c(C)cc(C(O)(c3c(C)nn(C)c3C)c3cnc(C)n3C)cc2c(Cl)c1OCC(C)(F)F. The number of alkyl halides is 2. The summed E-state index contributed by atoms with van der Waals surface area (Å²) in [4.78, 5) is 8.91. The molecule has 11 heteroatoms. The van der Waals surface area contributed by atoms with Crippen molar-refractivity contribution in [1.29, 1.82) is 0 Å². The smallest absolute Gasteiger partial charge is 0.278 e. The van der Waals surface area contributed by atoms with E-state index in [9.17, 15) is 13.9 Å². The normalized spacial score (nSPS) is 13.7. The Balaban J connectivity index is 2.06. The number of ether oxygens (including phenoxy) is 2. The van der Waals surface area contributed by atoms with E-state index in [1.165, 1.54) is 7.11 Å². The molecule has 1 unspecified atom stereocenters. The van der Waals surface area contributed by atoms with Crippen molar-refractivity contribution in [1.82, 2.24) is 24.3 Å². The van der Waals surface area contributed by atoms with Crippen molar-refractivity contribution in [2.24, 2.45) is 14.1 Å². The number of hydrogen-bond donors (Lipinski definition) is 1. The molecule has 0 fully saturated rings. The highest BCUT2D eigenvalue weighted by Crippen LogP contribution is 2.45. The lowest BCUT2D eigenvalue weighted by atomic mass is 9.81. The fourth-order valence-corrected chi connectivity index (χ4v) is 4.97. The van der Waals surface area contributed by atoms with Crippen LogP contribution in [0.2, 0.25) is 5.02 Å². The maximum atomic E-state index is 13.6. The molecule has 0 aliphatic carbocycles. The molecule has 0 saturated carbocycles. The first-order chi connectivity index (χ1) is 17.2. The summed E-state index contributed by atoms with van der Waals surface area (Å²) < 4.78 is 41.4. The predicted octanol–water partition coefficient (Wildman–Crippen LogP) is 4.92. The van der Waals surface area contributed by atoms with Gasteiger partial charge in [-0.15, -0.1) is 0 Å². The Bertz CT molecular complexity index is 1510. The molecule has 0 bridgehead atoms. The number of hydrogen-bond acceptors (Lipinski definition) is 6. The maximum absolute atomic E-state index is 13.6. The van der Waals surface area contributed by atoms with Crippen molar-refractivity contribution in [2.45, 2.75) is 46.1 Å². The van der Waals surface area contributed by atoms with E-state index in [1.807, 2.05) is 52.4 Å². The predicted molar refractivity (Wildman–Crippen MR) is 137 cm³/mol. The van der Waals surface area contributed by atoms with Crippen molar-refractivity contribution in [3.8, 4) is 11.6 Å². The molecule has 1 N–H and O–H groups in total. The van der Waals surface area contributed by atoms with Crippen LogP contribution in [0.3, 0.4) is 0 Å². The van der Waals surface area contributed by atoms with Crippen LogP contribution in [0.5, 0.6) is 11.6 Å². The average molecular weight is 534 g/mol. The van der Waals surface area contributed by atoms with Crippen LogP contribution < -0.4 is 9.47 Å². The van der Waals surface area contributed by atoms with E-state index < -0.39 is 18.1 Å². The number of pyridine rings is 1. The van der Waals surface area contributed by atoms with Crippen LogP contribution in [-0.4, -0.2) is 49.1 Å².